The summed E-state index contributed by atoms with van der Waals surface area (Å²) in [5, 5.41) is 0. The molecule has 0 aliphatic rings. The molecule has 1 aromatic heterocycles. The molecule has 0 spiro atoms. The van der Waals surface area contributed by atoms with Crippen LogP contribution in [0, 0.1) is 5.82 Å². The Morgan fingerprint density at radius 1 is 1.37 bits per heavy atom. The molecule has 0 radical (unpaired) electrons. The molecule has 1 aromatic carbocycles. The van der Waals surface area contributed by atoms with E-state index >= 15 is 0 Å². The zero-order valence-corrected chi connectivity index (χ0v) is 11.7. The highest BCUT2D eigenvalue weighted by atomic mass is 32.2. The number of nitrogens with zero attached hydrogens (tertiary/aromatic N) is 2. The molecule has 102 valence electrons. The van der Waals surface area contributed by atoms with Crippen LogP contribution in [0.2, 0.25) is 0 Å². The molecule has 0 aliphatic carbocycles. The summed E-state index contributed by atoms with van der Waals surface area (Å²) >= 11 is 1.62. The van der Waals surface area contributed by atoms with Crippen LogP contribution in [0.3, 0.4) is 0 Å². The predicted molar refractivity (Wildman–Crippen MR) is 76.6 cm³/mol. The molecule has 0 bridgehead atoms. The number of hydrogen-bond donors (Lipinski definition) is 1. The van der Waals surface area contributed by atoms with Gasteiger partial charge in [-0.1, -0.05) is 6.92 Å². The smallest absolute Gasteiger partial charge is 0.126 e. The topological polar surface area (TPSA) is 43.8 Å². The quantitative estimate of drug-likeness (QED) is 0.826. The lowest BCUT2D eigenvalue weighted by Crippen LogP contribution is -2.18. The van der Waals surface area contributed by atoms with Crippen LogP contribution < -0.4 is 5.73 Å². The Morgan fingerprint density at radius 2 is 2.11 bits per heavy atom. The molecule has 2 N–H and O–H groups in total. The maximum absolute atomic E-state index is 12.8. The van der Waals surface area contributed by atoms with Crippen LogP contribution in [0.25, 0.3) is 0 Å². The fourth-order valence-corrected chi connectivity index (χ4v) is 2.72. The third-order valence-corrected chi connectivity index (χ3v) is 3.92. The molecule has 0 fully saturated rings. The first-order valence-corrected chi connectivity index (χ1v) is 7.34. The second kappa shape index (κ2) is 6.73. The second-order valence-electron chi connectivity index (χ2n) is 4.35. The highest BCUT2D eigenvalue weighted by molar-refractivity contribution is 7.99. The standard InChI is InChI=1S/C14H18FN3S/c1-2-8-18-9-7-17-14(18)13(16)10-19-12-5-3-11(15)4-6-12/h3-7,9,13H,2,8,10,16H2,1H3. The van der Waals surface area contributed by atoms with Gasteiger partial charge in [-0.15, -0.1) is 11.8 Å². The van der Waals surface area contributed by atoms with Gasteiger partial charge in [0, 0.05) is 29.6 Å². The van der Waals surface area contributed by atoms with Crippen molar-refractivity contribution in [3.05, 3.63) is 48.3 Å². The predicted octanol–water partition coefficient (Wildman–Crippen LogP) is 3.22. The summed E-state index contributed by atoms with van der Waals surface area (Å²) in [6.07, 6.45) is 4.80. The van der Waals surface area contributed by atoms with Gasteiger partial charge in [0.25, 0.3) is 0 Å². The average molecular weight is 279 g/mol. The molecular weight excluding hydrogens is 261 g/mol. The van der Waals surface area contributed by atoms with E-state index < -0.39 is 0 Å². The average Bonchev–Trinajstić information content (AvgIpc) is 2.86. The van der Waals surface area contributed by atoms with Crippen molar-refractivity contribution in [3.8, 4) is 0 Å². The Hall–Kier alpha value is -1.33. The lowest BCUT2D eigenvalue weighted by atomic mass is 10.3. The van der Waals surface area contributed by atoms with Crippen molar-refractivity contribution in [2.24, 2.45) is 5.73 Å². The van der Waals surface area contributed by atoms with Crippen molar-refractivity contribution in [2.45, 2.75) is 30.8 Å². The normalized spacial score (nSPS) is 12.6. The van der Waals surface area contributed by atoms with E-state index in [1.54, 1.807) is 30.1 Å². The van der Waals surface area contributed by atoms with Gasteiger partial charge in [0.15, 0.2) is 0 Å². The Balaban J connectivity index is 1.95. The molecule has 1 atom stereocenters. The van der Waals surface area contributed by atoms with Crippen LogP contribution in [0.4, 0.5) is 4.39 Å². The van der Waals surface area contributed by atoms with Crippen molar-refractivity contribution >= 4 is 11.8 Å². The molecule has 1 heterocycles. The van der Waals surface area contributed by atoms with Crippen LogP contribution in [-0.2, 0) is 6.54 Å². The van der Waals surface area contributed by atoms with Crippen LogP contribution in [0.1, 0.15) is 25.2 Å². The molecule has 0 saturated heterocycles. The van der Waals surface area contributed by atoms with E-state index in [9.17, 15) is 4.39 Å². The van der Waals surface area contributed by atoms with Gasteiger partial charge in [0.05, 0.1) is 6.04 Å². The molecular formula is C14H18FN3S. The largest absolute Gasteiger partial charge is 0.334 e. The van der Waals surface area contributed by atoms with Gasteiger partial charge in [-0.3, -0.25) is 0 Å². The molecule has 2 rings (SSSR count). The highest BCUT2D eigenvalue weighted by Crippen LogP contribution is 2.23. The highest BCUT2D eigenvalue weighted by Gasteiger charge is 2.12. The van der Waals surface area contributed by atoms with E-state index in [1.807, 2.05) is 6.20 Å². The first kappa shape index (κ1) is 14.1. The first-order chi connectivity index (χ1) is 9.20. The summed E-state index contributed by atoms with van der Waals surface area (Å²) < 4.78 is 14.9. The van der Waals surface area contributed by atoms with Crippen LogP contribution in [-0.4, -0.2) is 15.3 Å². The minimum absolute atomic E-state index is 0.114. The van der Waals surface area contributed by atoms with Crippen molar-refractivity contribution in [1.29, 1.82) is 0 Å². The number of halogens is 1. The van der Waals surface area contributed by atoms with Crippen LogP contribution in [0.15, 0.2) is 41.6 Å². The summed E-state index contributed by atoms with van der Waals surface area (Å²) in [6.45, 7) is 3.06. The summed E-state index contributed by atoms with van der Waals surface area (Å²) in [6, 6.07) is 6.35. The van der Waals surface area contributed by atoms with Gasteiger partial charge < -0.3 is 10.3 Å². The van der Waals surface area contributed by atoms with Crippen molar-refractivity contribution in [2.75, 3.05) is 5.75 Å². The Morgan fingerprint density at radius 3 is 2.79 bits per heavy atom. The van der Waals surface area contributed by atoms with Crippen LogP contribution in [0.5, 0.6) is 0 Å². The van der Waals surface area contributed by atoms with E-state index in [1.165, 1.54) is 12.1 Å². The number of imidazole rings is 1. The van der Waals surface area contributed by atoms with Gasteiger partial charge in [0.1, 0.15) is 11.6 Å². The third kappa shape index (κ3) is 3.81. The van der Waals surface area contributed by atoms with E-state index in [2.05, 4.69) is 16.5 Å². The Bertz CT molecular complexity index is 510. The molecule has 19 heavy (non-hydrogen) atoms. The van der Waals surface area contributed by atoms with E-state index in [-0.39, 0.29) is 11.9 Å². The van der Waals surface area contributed by atoms with Crippen molar-refractivity contribution < 1.29 is 4.39 Å². The summed E-state index contributed by atoms with van der Waals surface area (Å²) in [7, 11) is 0. The lowest BCUT2D eigenvalue weighted by molar-refractivity contribution is 0.603. The van der Waals surface area contributed by atoms with E-state index in [4.69, 9.17) is 5.73 Å². The maximum atomic E-state index is 12.8. The van der Waals surface area contributed by atoms with Crippen molar-refractivity contribution in [3.63, 3.8) is 0 Å². The fraction of sp³-hybridized carbons (Fsp3) is 0.357. The Kier molecular flexibility index (Phi) is 4.99. The number of benzene rings is 1. The summed E-state index contributed by atoms with van der Waals surface area (Å²) in [5.41, 5.74) is 6.17. The van der Waals surface area contributed by atoms with Gasteiger partial charge in [0.2, 0.25) is 0 Å². The molecule has 1 unspecified atom stereocenters. The molecule has 5 heteroatoms. The number of nitrogens with two attached hydrogens (primary N) is 1. The molecule has 0 saturated carbocycles. The van der Waals surface area contributed by atoms with Gasteiger partial charge in [-0.25, -0.2) is 9.37 Å². The van der Waals surface area contributed by atoms with Crippen molar-refractivity contribution in [1.82, 2.24) is 9.55 Å². The van der Waals surface area contributed by atoms with E-state index in [0.29, 0.717) is 0 Å². The summed E-state index contributed by atoms with van der Waals surface area (Å²) in [5.74, 6) is 1.43. The minimum atomic E-state index is -0.216. The van der Waals surface area contributed by atoms with Crippen LogP contribution >= 0.6 is 11.8 Å². The molecule has 3 nitrogen and oxygen atoms in total. The maximum Gasteiger partial charge on any atom is 0.126 e. The van der Waals surface area contributed by atoms with Gasteiger partial charge in [-0.05, 0) is 30.7 Å². The number of aryl methyl sites for hydroxylation is 1. The first-order valence-electron chi connectivity index (χ1n) is 6.35. The number of aromatic nitrogens is 2. The number of thioether (sulfide) groups is 1. The zero-order chi connectivity index (χ0) is 13.7. The Labute approximate surface area is 117 Å². The van der Waals surface area contributed by atoms with Gasteiger partial charge >= 0.3 is 0 Å². The zero-order valence-electron chi connectivity index (χ0n) is 10.9. The number of rotatable bonds is 6. The lowest BCUT2D eigenvalue weighted by Gasteiger charge is -2.13. The minimum Gasteiger partial charge on any atom is -0.334 e. The summed E-state index contributed by atoms with van der Waals surface area (Å²) in [4.78, 5) is 5.34. The molecule has 0 aliphatic heterocycles. The number of hydrogen-bond acceptors (Lipinski definition) is 3. The van der Waals surface area contributed by atoms with E-state index in [0.717, 1.165) is 29.4 Å². The monoisotopic (exact) mass is 279 g/mol. The SMILES string of the molecule is CCCn1ccnc1C(N)CSc1ccc(F)cc1. The van der Waals surface area contributed by atoms with Gasteiger partial charge in [-0.2, -0.15) is 0 Å². The fourth-order valence-electron chi connectivity index (χ4n) is 1.87. The molecule has 0 amide bonds. The molecule has 2 aromatic rings. The second-order valence-corrected chi connectivity index (χ2v) is 5.44. The third-order valence-electron chi connectivity index (χ3n) is 2.79.